The van der Waals surface area contributed by atoms with Crippen molar-refractivity contribution in [3.8, 4) is 0 Å². The monoisotopic (exact) mass is 264 g/mol. The summed E-state index contributed by atoms with van der Waals surface area (Å²) in [6.07, 6.45) is 0. The number of benzene rings is 1. The van der Waals surface area contributed by atoms with Crippen LogP contribution in [0.25, 0.3) is 0 Å². The number of rotatable bonds is 5. The van der Waals surface area contributed by atoms with Gasteiger partial charge in [0.25, 0.3) is 0 Å². The molecule has 0 amide bonds. The highest BCUT2D eigenvalue weighted by Crippen LogP contribution is 2.47. The van der Waals surface area contributed by atoms with E-state index < -0.39 is 15.3 Å². The molecule has 0 aliphatic rings. The van der Waals surface area contributed by atoms with E-state index in [1.54, 1.807) is 12.1 Å². The van der Waals surface area contributed by atoms with Gasteiger partial charge in [-0.05, 0) is 5.56 Å². The van der Waals surface area contributed by atoms with Gasteiger partial charge in [-0.25, -0.2) is 25.9 Å². The van der Waals surface area contributed by atoms with Crippen LogP contribution in [0.4, 0.5) is 0 Å². The molecule has 0 heterocycles. The zero-order chi connectivity index (χ0) is 12.2. The standard InChI is InChI=1S/C7H14N4O3P2/c8-15(9,12)14-16(10,13)11-6-7-4-2-1-3-5-7/h1-5H,6H2,(H4,8,9,12)(H3,10,11,13). The second-order valence-corrected chi connectivity index (χ2v) is 6.60. The Bertz CT molecular complexity index is 433. The maximum atomic E-state index is 11.5. The molecule has 16 heavy (non-hydrogen) atoms. The van der Waals surface area contributed by atoms with Crippen LogP contribution in [0, 0.1) is 0 Å². The van der Waals surface area contributed by atoms with Crippen LogP contribution in [0.1, 0.15) is 5.56 Å². The number of nitrogens with two attached hydrogens (primary N) is 3. The average molecular weight is 264 g/mol. The van der Waals surface area contributed by atoms with Crippen LogP contribution in [0.5, 0.6) is 0 Å². The Hall–Kier alpha value is -0.520. The van der Waals surface area contributed by atoms with Gasteiger partial charge >= 0.3 is 15.3 Å². The van der Waals surface area contributed by atoms with Crippen molar-refractivity contribution in [1.29, 1.82) is 0 Å². The molecule has 0 saturated heterocycles. The third kappa shape index (κ3) is 5.53. The van der Waals surface area contributed by atoms with Crippen LogP contribution in [0.3, 0.4) is 0 Å². The fraction of sp³-hybridized carbons (Fsp3) is 0.143. The van der Waals surface area contributed by atoms with Gasteiger partial charge in [0, 0.05) is 6.54 Å². The van der Waals surface area contributed by atoms with E-state index in [0.717, 1.165) is 5.56 Å². The van der Waals surface area contributed by atoms with Gasteiger partial charge in [-0.3, -0.25) is 9.13 Å². The topological polar surface area (TPSA) is 133 Å². The predicted octanol–water partition coefficient (Wildman–Crippen LogP) is 0.885. The molecule has 0 radical (unpaired) electrons. The summed E-state index contributed by atoms with van der Waals surface area (Å²) in [4.78, 5) is 0. The Morgan fingerprint density at radius 1 is 1.12 bits per heavy atom. The molecule has 0 saturated carbocycles. The summed E-state index contributed by atoms with van der Waals surface area (Å²) in [5.74, 6) is 0. The zero-order valence-electron chi connectivity index (χ0n) is 8.45. The second-order valence-electron chi connectivity index (χ2n) is 3.14. The van der Waals surface area contributed by atoms with Crippen LogP contribution >= 0.6 is 15.3 Å². The van der Waals surface area contributed by atoms with E-state index in [2.05, 4.69) is 9.40 Å². The summed E-state index contributed by atoms with van der Waals surface area (Å²) in [6, 6.07) is 9.08. The molecule has 1 unspecified atom stereocenters. The summed E-state index contributed by atoms with van der Waals surface area (Å²) >= 11 is 0. The van der Waals surface area contributed by atoms with E-state index in [1.165, 1.54) is 0 Å². The fourth-order valence-corrected chi connectivity index (χ4v) is 3.17. The minimum atomic E-state index is -3.86. The maximum Gasteiger partial charge on any atom is 0.345 e. The van der Waals surface area contributed by atoms with Gasteiger partial charge in [-0.2, -0.15) is 0 Å². The molecule has 1 atom stereocenters. The minimum absolute atomic E-state index is 0.203. The highest BCUT2D eigenvalue weighted by molar-refractivity contribution is 7.67. The molecule has 1 rings (SSSR count). The molecule has 0 aromatic heterocycles. The van der Waals surface area contributed by atoms with Crippen LogP contribution in [0.15, 0.2) is 30.3 Å². The fourth-order valence-electron chi connectivity index (χ4n) is 1.02. The normalized spacial score (nSPS) is 15.7. The Kier molecular flexibility index (Phi) is 4.41. The van der Waals surface area contributed by atoms with Crippen LogP contribution in [-0.4, -0.2) is 0 Å². The van der Waals surface area contributed by atoms with Crippen molar-refractivity contribution in [2.24, 2.45) is 16.5 Å². The van der Waals surface area contributed by atoms with E-state index in [1.807, 2.05) is 18.2 Å². The number of hydrogen-bond donors (Lipinski definition) is 4. The third-order valence-corrected chi connectivity index (χ3v) is 4.19. The van der Waals surface area contributed by atoms with Crippen LogP contribution in [-0.2, 0) is 20.0 Å². The molecule has 90 valence electrons. The van der Waals surface area contributed by atoms with E-state index >= 15 is 0 Å². The van der Waals surface area contributed by atoms with E-state index in [0.29, 0.717) is 0 Å². The molecule has 0 aliphatic carbocycles. The van der Waals surface area contributed by atoms with E-state index in [9.17, 15) is 9.13 Å². The summed E-state index contributed by atoms with van der Waals surface area (Å²) < 4.78 is 26.8. The molecule has 7 N–H and O–H groups in total. The molecule has 1 aromatic carbocycles. The summed E-state index contributed by atoms with van der Waals surface area (Å²) in [7, 11) is -7.60. The molecule has 0 bridgehead atoms. The predicted molar refractivity (Wildman–Crippen MR) is 62.1 cm³/mol. The second kappa shape index (κ2) is 5.21. The Morgan fingerprint density at radius 2 is 1.69 bits per heavy atom. The molecular weight excluding hydrogens is 250 g/mol. The SMILES string of the molecule is NP(N)(=O)OP(N)(=O)NCc1ccccc1. The molecular formula is C7H14N4O3P2. The zero-order valence-corrected chi connectivity index (χ0v) is 10.2. The molecule has 9 heteroatoms. The first-order chi connectivity index (χ1) is 7.29. The third-order valence-electron chi connectivity index (χ3n) is 1.60. The highest BCUT2D eigenvalue weighted by Gasteiger charge is 2.25. The molecule has 1 aromatic rings. The largest absolute Gasteiger partial charge is 0.345 e. The van der Waals surface area contributed by atoms with E-state index in [-0.39, 0.29) is 6.54 Å². The molecule has 0 spiro atoms. The highest BCUT2D eigenvalue weighted by atomic mass is 31.3. The van der Waals surface area contributed by atoms with Gasteiger partial charge in [0.05, 0.1) is 0 Å². The van der Waals surface area contributed by atoms with Crippen molar-refractivity contribution in [2.75, 3.05) is 0 Å². The van der Waals surface area contributed by atoms with Gasteiger partial charge in [0.15, 0.2) is 0 Å². The maximum absolute atomic E-state index is 11.5. The summed E-state index contributed by atoms with van der Waals surface area (Å²) in [5, 5.41) is 2.41. The van der Waals surface area contributed by atoms with E-state index in [4.69, 9.17) is 16.5 Å². The molecule has 0 fully saturated rings. The number of hydrogen-bond acceptors (Lipinski definition) is 3. The summed E-state index contributed by atoms with van der Waals surface area (Å²) in [5.41, 5.74) is 15.9. The van der Waals surface area contributed by atoms with Gasteiger partial charge in [0.1, 0.15) is 0 Å². The van der Waals surface area contributed by atoms with Crippen molar-refractivity contribution < 1.29 is 13.4 Å². The van der Waals surface area contributed by atoms with Crippen molar-refractivity contribution in [3.63, 3.8) is 0 Å². The molecule has 0 aliphatic heterocycles. The Balaban J connectivity index is 2.55. The van der Waals surface area contributed by atoms with Crippen LogP contribution in [0.2, 0.25) is 0 Å². The first-order valence-corrected chi connectivity index (χ1v) is 7.80. The van der Waals surface area contributed by atoms with Crippen LogP contribution < -0.4 is 21.6 Å². The van der Waals surface area contributed by atoms with Crippen molar-refractivity contribution >= 4 is 15.3 Å². The molecule has 7 nitrogen and oxygen atoms in total. The number of nitrogens with one attached hydrogen (secondary N) is 1. The first-order valence-electron chi connectivity index (χ1n) is 4.35. The quantitative estimate of drug-likeness (QED) is 0.580. The lowest BCUT2D eigenvalue weighted by atomic mass is 10.2. The van der Waals surface area contributed by atoms with Gasteiger partial charge in [-0.1, -0.05) is 30.3 Å². The van der Waals surface area contributed by atoms with Crippen molar-refractivity contribution in [3.05, 3.63) is 35.9 Å². The first kappa shape index (κ1) is 13.5. The average Bonchev–Trinajstić information content (AvgIpc) is 2.13. The van der Waals surface area contributed by atoms with Gasteiger partial charge in [-0.15, -0.1) is 0 Å². The van der Waals surface area contributed by atoms with Gasteiger partial charge < -0.3 is 0 Å². The lowest BCUT2D eigenvalue weighted by molar-refractivity contribution is 0.448. The van der Waals surface area contributed by atoms with Crippen molar-refractivity contribution in [1.82, 2.24) is 5.09 Å². The summed E-state index contributed by atoms with van der Waals surface area (Å²) in [6.45, 7) is 0.203. The van der Waals surface area contributed by atoms with Crippen molar-refractivity contribution in [2.45, 2.75) is 6.54 Å². The lowest BCUT2D eigenvalue weighted by Gasteiger charge is -2.16. The smallest absolute Gasteiger partial charge is 0.256 e. The minimum Gasteiger partial charge on any atom is -0.256 e. The Labute approximate surface area is 93.5 Å². The van der Waals surface area contributed by atoms with Gasteiger partial charge in [0.2, 0.25) is 0 Å². The Morgan fingerprint density at radius 3 is 2.19 bits per heavy atom. The lowest BCUT2D eigenvalue weighted by Crippen LogP contribution is -2.20.